The molecule has 0 aliphatic heterocycles. The van der Waals surface area contributed by atoms with Crippen LogP contribution in [0.4, 0.5) is 11.6 Å². The molecule has 0 fully saturated rings. The normalized spacial score (nSPS) is 10.4. The van der Waals surface area contributed by atoms with Crippen molar-refractivity contribution >= 4 is 23.2 Å². The van der Waals surface area contributed by atoms with Gasteiger partial charge in [0.2, 0.25) is 11.2 Å². The van der Waals surface area contributed by atoms with Gasteiger partial charge in [-0.25, -0.2) is 4.68 Å². The summed E-state index contributed by atoms with van der Waals surface area (Å²) in [5.74, 6) is 1.32. The highest BCUT2D eigenvalue weighted by molar-refractivity contribution is 6.28. The van der Waals surface area contributed by atoms with Crippen LogP contribution in [0.15, 0.2) is 42.7 Å². The topological polar surface area (TPSA) is 77.8 Å². The second-order valence-electron chi connectivity index (χ2n) is 4.00. The Labute approximate surface area is 125 Å². The molecule has 8 heteroatoms. The Balaban J connectivity index is 1.96. The number of methoxy groups -OCH3 is 1. The van der Waals surface area contributed by atoms with E-state index >= 15 is 0 Å². The molecule has 21 heavy (non-hydrogen) atoms. The molecular formula is C13H11ClN6O. The van der Waals surface area contributed by atoms with Crippen molar-refractivity contribution in [3.05, 3.63) is 48.0 Å². The molecule has 2 aromatic heterocycles. The number of benzene rings is 1. The number of ether oxygens (including phenoxy) is 1. The van der Waals surface area contributed by atoms with Crippen LogP contribution >= 0.6 is 11.6 Å². The lowest BCUT2D eigenvalue weighted by Gasteiger charge is -2.10. The predicted molar refractivity (Wildman–Crippen MR) is 78.2 cm³/mol. The molecule has 1 aromatic carbocycles. The molecule has 3 rings (SSSR count). The van der Waals surface area contributed by atoms with Crippen LogP contribution in [-0.2, 0) is 0 Å². The van der Waals surface area contributed by atoms with Crippen LogP contribution in [0.25, 0.3) is 5.95 Å². The fourth-order valence-electron chi connectivity index (χ4n) is 1.75. The van der Waals surface area contributed by atoms with Gasteiger partial charge in [0.25, 0.3) is 5.95 Å². The zero-order valence-electron chi connectivity index (χ0n) is 11.1. The summed E-state index contributed by atoms with van der Waals surface area (Å²) in [5, 5.41) is 7.19. The third-order valence-electron chi connectivity index (χ3n) is 2.66. The Morgan fingerprint density at radius 1 is 1.14 bits per heavy atom. The van der Waals surface area contributed by atoms with Gasteiger partial charge >= 0.3 is 0 Å². The molecule has 106 valence electrons. The molecule has 0 atom stereocenters. The molecule has 1 N–H and O–H groups in total. The number of nitrogens with zero attached hydrogens (tertiary/aromatic N) is 5. The van der Waals surface area contributed by atoms with Crippen molar-refractivity contribution in [1.29, 1.82) is 0 Å². The van der Waals surface area contributed by atoms with E-state index in [0.717, 1.165) is 5.69 Å². The number of anilines is 2. The monoisotopic (exact) mass is 302 g/mol. The largest absolute Gasteiger partial charge is 0.495 e. The van der Waals surface area contributed by atoms with E-state index in [-0.39, 0.29) is 5.28 Å². The summed E-state index contributed by atoms with van der Waals surface area (Å²) in [6.45, 7) is 0. The molecule has 7 nitrogen and oxygen atoms in total. The molecule has 2 heterocycles. The maximum atomic E-state index is 5.93. The molecule has 0 saturated heterocycles. The van der Waals surface area contributed by atoms with Gasteiger partial charge in [0.1, 0.15) is 5.75 Å². The Kier molecular flexibility index (Phi) is 3.65. The van der Waals surface area contributed by atoms with Gasteiger partial charge in [-0.1, -0.05) is 12.1 Å². The van der Waals surface area contributed by atoms with Crippen molar-refractivity contribution in [2.75, 3.05) is 12.4 Å². The van der Waals surface area contributed by atoms with Gasteiger partial charge in [-0.15, -0.1) is 0 Å². The lowest BCUT2D eigenvalue weighted by Crippen LogP contribution is -2.07. The summed E-state index contributed by atoms with van der Waals surface area (Å²) in [7, 11) is 1.59. The van der Waals surface area contributed by atoms with Crippen LogP contribution in [0.2, 0.25) is 5.28 Å². The van der Waals surface area contributed by atoms with Gasteiger partial charge in [0.15, 0.2) is 0 Å². The molecular weight excluding hydrogens is 292 g/mol. The van der Waals surface area contributed by atoms with Crippen LogP contribution in [0, 0.1) is 0 Å². The first kappa shape index (κ1) is 13.3. The molecule has 0 aliphatic rings. The first-order valence-corrected chi connectivity index (χ1v) is 6.45. The summed E-state index contributed by atoms with van der Waals surface area (Å²) in [6.07, 6.45) is 3.35. The van der Waals surface area contributed by atoms with E-state index in [0.29, 0.717) is 17.6 Å². The quantitative estimate of drug-likeness (QED) is 0.797. The van der Waals surface area contributed by atoms with Gasteiger partial charge in [-0.05, 0) is 29.8 Å². The van der Waals surface area contributed by atoms with Crippen LogP contribution < -0.4 is 10.1 Å². The van der Waals surface area contributed by atoms with Crippen molar-refractivity contribution in [3.8, 4) is 11.7 Å². The molecule has 0 bridgehead atoms. The summed E-state index contributed by atoms with van der Waals surface area (Å²) in [6, 6.07) is 9.20. The summed E-state index contributed by atoms with van der Waals surface area (Å²) >= 11 is 5.93. The van der Waals surface area contributed by atoms with E-state index in [1.165, 1.54) is 4.68 Å². The second kappa shape index (κ2) is 5.76. The summed E-state index contributed by atoms with van der Waals surface area (Å²) in [5.41, 5.74) is 0.730. The zero-order valence-corrected chi connectivity index (χ0v) is 11.8. The molecule has 0 saturated carbocycles. The SMILES string of the molecule is COc1ccccc1Nc1nc(Cl)nc(-n2cccn2)n1. The minimum absolute atomic E-state index is 0.0768. The standard InChI is InChI=1S/C13H11ClN6O/c1-21-10-6-3-2-5-9(10)16-12-17-11(14)18-13(19-12)20-8-4-7-15-20/h2-8H,1H3,(H,16,17,18,19). The third kappa shape index (κ3) is 2.92. The van der Waals surface area contributed by atoms with Gasteiger partial charge in [0, 0.05) is 12.4 Å². The van der Waals surface area contributed by atoms with Gasteiger partial charge in [-0.2, -0.15) is 20.1 Å². The Bertz CT molecular complexity index is 746. The second-order valence-corrected chi connectivity index (χ2v) is 4.34. The van der Waals surface area contributed by atoms with Gasteiger partial charge < -0.3 is 10.1 Å². The van der Waals surface area contributed by atoms with Crippen LogP contribution in [0.1, 0.15) is 0 Å². The van der Waals surface area contributed by atoms with Gasteiger partial charge in [-0.3, -0.25) is 0 Å². The van der Waals surface area contributed by atoms with E-state index in [9.17, 15) is 0 Å². The first-order valence-electron chi connectivity index (χ1n) is 6.08. The highest BCUT2D eigenvalue weighted by Crippen LogP contribution is 2.25. The summed E-state index contributed by atoms with van der Waals surface area (Å²) < 4.78 is 6.77. The molecule has 0 amide bonds. The average Bonchev–Trinajstić information content (AvgIpc) is 3.01. The molecule has 3 aromatic rings. The van der Waals surface area contributed by atoms with Crippen molar-refractivity contribution in [2.45, 2.75) is 0 Å². The first-order chi connectivity index (χ1) is 10.3. The van der Waals surface area contributed by atoms with E-state index in [4.69, 9.17) is 16.3 Å². The van der Waals surface area contributed by atoms with Crippen molar-refractivity contribution < 1.29 is 4.74 Å². The van der Waals surface area contributed by atoms with E-state index in [1.807, 2.05) is 24.3 Å². The zero-order chi connectivity index (χ0) is 14.7. The Morgan fingerprint density at radius 2 is 2.00 bits per heavy atom. The molecule has 0 unspecified atom stereocenters. The Hall–Kier alpha value is -2.67. The number of aromatic nitrogens is 5. The minimum atomic E-state index is 0.0768. The smallest absolute Gasteiger partial charge is 0.256 e. The lowest BCUT2D eigenvalue weighted by atomic mass is 10.3. The van der Waals surface area contributed by atoms with E-state index < -0.39 is 0 Å². The van der Waals surface area contributed by atoms with Crippen molar-refractivity contribution in [1.82, 2.24) is 24.7 Å². The van der Waals surface area contributed by atoms with Gasteiger partial charge in [0.05, 0.1) is 12.8 Å². The number of nitrogens with one attached hydrogen (secondary N) is 1. The van der Waals surface area contributed by atoms with Crippen molar-refractivity contribution in [2.24, 2.45) is 0 Å². The lowest BCUT2D eigenvalue weighted by molar-refractivity contribution is 0.417. The summed E-state index contributed by atoms with van der Waals surface area (Å²) in [4.78, 5) is 12.4. The maximum Gasteiger partial charge on any atom is 0.256 e. The maximum absolute atomic E-state index is 5.93. The minimum Gasteiger partial charge on any atom is -0.495 e. The third-order valence-corrected chi connectivity index (χ3v) is 2.83. The highest BCUT2D eigenvalue weighted by atomic mass is 35.5. The Morgan fingerprint density at radius 3 is 2.76 bits per heavy atom. The number of hydrogen-bond donors (Lipinski definition) is 1. The van der Waals surface area contributed by atoms with Crippen LogP contribution in [-0.4, -0.2) is 31.8 Å². The van der Waals surface area contributed by atoms with E-state index in [1.54, 1.807) is 25.6 Å². The fraction of sp³-hybridized carbons (Fsp3) is 0.0769. The fourth-order valence-corrected chi connectivity index (χ4v) is 1.91. The van der Waals surface area contributed by atoms with Crippen LogP contribution in [0.5, 0.6) is 5.75 Å². The molecule has 0 spiro atoms. The van der Waals surface area contributed by atoms with E-state index in [2.05, 4.69) is 25.4 Å². The average molecular weight is 303 g/mol. The van der Waals surface area contributed by atoms with Crippen molar-refractivity contribution in [3.63, 3.8) is 0 Å². The van der Waals surface area contributed by atoms with Crippen LogP contribution in [0.3, 0.4) is 0 Å². The highest BCUT2D eigenvalue weighted by Gasteiger charge is 2.09. The number of hydrogen-bond acceptors (Lipinski definition) is 6. The number of halogens is 1. The molecule has 0 radical (unpaired) electrons. The predicted octanol–water partition coefficient (Wildman–Crippen LogP) is 2.46. The number of para-hydroxylation sites is 2. The molecule has 0 aliphatic carbocycles. The number of rotatable bonds is 4.